The van der Waals surface area contributed by atoms with Gasteiger partial charge in [0.2, 0.25) is 0 Å². The maximum Gasteiger partial charge on any atom is 0.123 e. The highest BCUT2D eigenvalue weighted by atomic mass is 19.1. The molecule has 0 saturated carbocycles. The minimum absolute atomic E-state index is 0.115. The number of nitrogens with zero attached hydrogens (tertiary/aromatic N) is 1. The summed E-state index contributed by atoms with van der Waals surface area (Å²) in [4.78, 5) is 2.46. The molecule has 0 amide bonds. The second-order valence-electron chi connectivity index (χ2n) is 5.77. The van der Waals surface area contributed by atoms with E-state index in [0.29, 0.717) is 0 Å². The van der Waals surface area contributed by atoms with Gasteiger partial charge in [-0.05, 0) is 63.0 Å². The summed E-state index contributed by atoms with van der Waals surface area (Å²) in [6.07, 6.45) is 4.11. The molecule has 0 radical (unpaired) electrons. The van der Waals surface area contributed by atoms with Gasteiger partial charge < -0.3 is 15.3 Å². The highest BCUT2D eigenvalue weighted by molar-refractivity contribution is 5.45. The fourth-order valence-electron chi connectivity index (χ4n) is 2.95. The third-order valence-corrected chi connectivity index (χ3v) is 4.13. The van der Waals surface area contributed by atoms with Crippen molar-refractivity contribution in [2.45, 2.75) is 38.1 Å². The standard InChI is InChI=1S/C16H25FN2O/c1-2-10-19-11-3-8-16(13-20,9-12-19)18-15-6-4-14(17)5-7-15/h4-7,18,20H,2-3,8-13H2,1H3. The molecule has 1 aliphatic rings. The molecule has 1 atom stereocenters. The fourth-order valence-corrected chi connectivity index (χ4v) is 2.95. The van der Waals surface area contributed by atoms with Crippen molar-refractivity contribution in [3.63, 3.8) is 0 Å². The predicted molar refractivity (Wildman–Crippen MR) is 80.4 cm³/mol. The molecule has 112 valence electrons. The Morgan fingerprint density at radius 3 is 2.65 bits per heavy atom. The van der Waals surface area contributed by atoms with Crippen molar-refractivity contribution in [3.05, 3.63) is 30.1 Å². The molecule has 1 heterocycles. The molecule has 1 aromatic carbocycles. The van der Waals surface area contributed by atoms with Crippen LogP contribution in [-0.2, 0) is 0 Å². The van der Waals surface area contributed by atoms with Gasteiger partial charge in [0.1, 0.15) is 5.82 Å². The number of aliphatic hydroxyl groups is 1. The maximum atomic E-state index is 13.0. The van der Waals surface area contributed by atoms with Crippen LogP contribution in [0.25, 0.3) is 0 Å². The Morgan fingerprint density at radius 2 is 2.00 bits per heavy atom. The lowest BCUT2D eigenvalue weighted by molar-refractivity contribution is 0.192. The van der Waals surface area contributed by atoms with Gasteiger partial charge >= 0.3 is 0 Å². The molecule has 1 aromatic rings. The van der Waals surface area contributed by atoms with Crippen LogP contribution >= 0.6 is 0 Å². The average molecular weight is 280 g/mol. The molecule has 20 heavy (non-hydrogen) atoms. The molecule has 2 N–H and O–H groups in total. The van der Waals surface area contributed by atoms with Crippen LogP contribution in [0.4, 0.5) is 10.1 Å². The van der Waals surface area contributed by atoms with E-state index in [1.165, 1.54) is 12.1 Å². The van der Waals surface area contributed by atoms with Gasteiger partial charge in [-0.15, -0.1) is 0 Å². The number of nitrogens with one attached hydrogen (secondary N) is 1. The Morgan fingerprint density at radius 1 is 1.25 bits per heavy atom. The molecule has 3 nitrogen and oxygen atoms in total. The molecule has 1 unspecified atom stereocenters. The summed E-state index contributed by atoms with van der Waals surface area (Å²) >= 11 is 0. The second-order valence-corrected chi connectivity index (χ2v) is 5.77. The Kier molecular flexibility index (Phi) is 5.38. The van der Waals surface area contributed by atoms with E-state index < -0.39 is 0 Å². The van der Waals surface area contributed by atoms with E-state index in [9.17, 15) is 9.50 Å². The molecular formula is C16H25FN2O. The van der Waals surface area contributed by atoms with Crippen LogP contribution in [0.15, 0.2) is 24.3 Å². The highest BCUT2D eigenvalue weighted by Crippen LogP contribution is 2.27. The fraction of sp³-hybridized carbons (Fsp3) is 0.625. The molecular weight excluding hydrogens is 255 g/mol. The van der Waals surface area contributed by atoms with Gasteiger partial charge in [-0.2, -0.15) is 0 Å². The van der Waals surface area contributed by atoms with Gasteiger partial charge in [-0.25, -0.2) is 4.39 Å². The van der Waals surface area contributed by atoms with Crippen LogP contribution in [0.1, 0.15) is 32.6 Å². The van der Waals surface area contributed by atoms with Crippen molar-refractivity contribution in [1.29, 1.82) is 0 Å². The SMILES string of the molecule is CCCN1CCCC(CO)(Nc2ccc(F)cc2)CC1. The number of benzene rings is 1. The van der Waals surface area contributed by atoms with Crippen molar-refractivity contribution in [1.82, 2.24) is 4.90 Å². The molecule has 1 fully saturated rings. The number of anilines is 1. The van der Waals surface area contributed by atoms with E-state index in [4.69, 9.17) is 0 Å². The van der Waals surface area contributed by atoms with Crippen molar-refractivity contribution in [3.8, 4) is 0 Å². The van der Waals surface area contributed by atoms with Gasteiger partial charge in [0, 0.05) is 12.2 Å². The van der Waals surface area contributed by atoms with Crippen LogP contribution < -0.4 is 5.32 Å². The quantitative estimate of drug-likeness (QED) is 0.870. The summed E-state index contributed by atoms with van der Waals surface area (Å²) in [5.41, 5.74) is 0.602. The average Bonchev–Trinajstić information content (AvgIpc) is 2.66. The van der Waals surface area contributed by atoms with Crippen LogP contribution in [0, 0.1) is 5.82 Å². The lowest BCUT2D eigenvalue weighted by Crippen LogP contribution is -2.43. The van der Waals surface area contributed by atoms with E-state index in [1.807, 2.05) is 0 Å². The van der Waals surface area contributed by atoms with Gasteiger partial charge in [-0.3, -0.25) is 0 Å². The summed E-state index contributed by atoms with van der Waals surface area (Å²) in [6, 6.07) is 6.38. The summed E-state index contributed by atoms with van der Waals surface area (Å²) in [5, 5.41) is 13.3. The molecule has 0 aliphatic carbocycles. The first kappa shape index (κ1) is 15.3. The van der Waals surface area contributed by atoms with Gasteiger partial charge in [0.25, 0.3) is 0 Å². The number of rotatable bonds is 5. The minimum Gasteiger partial charge on any atom is -0.394 e. The Balaban J connectivity index is 2.03. The van der Waals surface area contributed by atoms with E-state index >= 15 is 0 Å². The smallest absolute Gasteiger partial charge is 0.123 e. The lowest BCUT2D eigenvalue weighted by Gasteiger charge is -2.33. The number of halogens is 1. The molecule has 4 heteroatoms. The monoisotopic (exact) mass is 280 g/mol. The molecule has 0 spiro atoms. The zero-order valence-corrected chi connectivity index (χ0v) is 12.2. The van der Waals surface area contributed by atoms with Gasteiger partial charge in [-0.1, -0.05) is 6.92 Å². The molecule has 2 rings (SSSR count). The normalized spacial score (nSPS) is 24.4. The third kappa shape index (κ3) is 3.93. The Bertz CT molecular complexity index is 409. The number of hydrogen-bond acceptors (Lipinski definition) is 3. The van der Waals surface area contributed by atoms with Crippen LogP contribution in [0.5, 0.6) is 0 Å². The van der Waals surface area contributed by atoms with Gasteiger partial charge in [0.15, 0.2) is 0 Å². The first-order valence-electron chi connectivity index (χ1n) is 7.54. The van der Waals surface area contributed by atoms with Crippen molar-refractivity contribution < 1.29 is 9.50 Å². The minimum atomic E-state index is -0.277. The lowest BCUT2D eigenvalue weighted by atomic mass is 9.91. The zero-order valence-electron chi connectivity index (χ0n) is 12.2. The van der Waals surface area contributed by atoms with Gasteiger partial charge in [0.05, 0.1) is 12.1 Å². The van der Waals surface area contributed by atoms with E-state index in [2.05, 4.69) is 17.1 Å². The van der Waals surface area contributed by atoms with E-state index in [0.717, 1.165) is 51.0 Å². The topological polar surface area (TPSA) is 35.5 Å². The third-order valence-electron chi connectivity index (χ3n) is 4.13. The molecule has 0 bridgehead atoms. The van der Waals surface area contributed by atoms with E-state index in [1.54, 1.807) is 12.1 Å². The number of likely N-dealkylation sites (tertiary alicyclic amines) is 1. The first-order chi connectivity index (χ1) is 9.67. The second kappa shape index (κ2) is 7.04. The maximum absolute atomic E-state index is 13.0. The van der Waals surface area contributed by atoms with Crippen molar-refractivity contribution in [2.75, 3.05) is 31.6 Å². The largest absolute Gasteiger partial charge is 0.394 e. The molecule has 1 aliphatic heterocycles. The Hall–Kier alpha value is -1.13. The number of aliphatic hydroxyl groups excluding tert-OH is 1. The summed E-state index contributed by atoms with van der Waals surface area (Å²) in [5.74, 6) is -0.233. The van der Waals surface area contributed by atoms with Crippen molar-refractivity contribution >= 4 is 5.69 Å². The summed E-state index contributed by atoms with van der Waals surface area (Å²) in [6.45, 7) is 5.53. The first-order valence-corrected chi connectivity index (χ1v) is 7.54. The molecule has 0 aromatic heterocycles. The Labute approximate surface area is 120 Å². The van der Waals surface area contributed by atoms with Crippen LogP contribution in [0.3, 0.4) is 0 Å². The van der Waals surface area contributed by atoms with Crippen LogP contribution in [-0.4, -0.2) is 41.8 Å². The number of hydrogen-bond donors (Lipinski definition) is 2. The van der Waals surface area contributed by atoms with Crippen LogP contribution in [0.2, 0.25) is 0 Å². The summed E-state index contributed by atoms with van der Waals surface area (Å²) < 4.78 is 13.0. The van der Waals surface area contributed by atoms with Crippen molar-refractivity contribution in [2.24, 2.45) is 0 Å². The zero-order chi connectivity index (χ0) is 14.4. The molecule has 1 saturated heterocycles. The predicted octanol–water partition coefficient (Wildman–Crippen LogP) is 2.86. The highest BCUT2D eigenvalue weighted by Gasteiger charge is 2.31. The van der Waals surface area contributed by atoms with E-state index in [-0.39, 0.29) is 18.0 Å². The summed E-state index contributed by atoms with van der Waals surface area (Å²) in [7, 11) is 0.